The summed E-state index contributed by atoms with van der Waals surface area (Å²) >= 11 is 1.64. The molecular formula is C21H19N3OS. The van der Waals surface area contributed by atoms with Crippen LogP contribution in [0.3, 0.4) is 0 Å². The summed E-state index contributed by atoms with van der Waals surface area (Å²) in [5.74, 6) is 1.71. The molecule has 0 saturated heterocycles. The van der Waals surface area contributed by atoms with Crippen molar-refractivity contribution in [2.75, 3.05) is 12.4 Å². The van der Waals surface area contributed by atoms with Crippen LogP contribution < -0.4 is 10.1 Å². The first kappa shape index (κ1) is 16.5. The van der Waals surface area contributed by atoms with Gasteiger partial charge in [0, 0.05) is 23.1 Å². The van der Waals surface area contributed by atoms with E-state index in [1.54, 1.807) is 24.8 Å². The number of aromatic nitrogens is 2. The number of nitrogens with one attached hydrogen (secondary N) is 1. The SMILES string of the molecule is COc1ccccc1CNc1ncnc2scc(-c3ccc(C)cc3)c12. The highest BCUT2D eigenvalue weighted by atomic mass is 32.1. The number of rotatable bonds is 5. The average Bonchev–Trinajstić information content (AvgIpc) is 3.12. The summed E-state index contributed by atoms with van der Waals surface area (Å²) in [6.07, 6.45) is 1.61. The highest BCUT2D eigenvalue weighted by Gasteiger charge is 2.13. The highest BCUT2D eigenvalue weighted by Crippen LogP contribution is 2.36. The smallest absolute Gasteiger partial charge is 0.139 e. The Kier molecular flexibility index (Phi) is 4.54. The van der Waals surface area contributed by atoms with Crippen LogP contribution in [-0.2, 0) is 6.54 Å². The molecule has 4 nitrogen and oxygen atoms in total. The average molecular weight is 361 g/mol. The summed E-state index contributed by atoms with van der Waals surface area (Å²) in [4.78, 5) is 9.92. The van der Waals surface area contributed by atoms with Crippen molar-refractivity contribution >= 4 is 27.4 Å². The molecule has 2 aromatic carbocycles. The monoisotopic (exact) mass is 361 g/mol. The minimum absolute atomic E-state index is 0.638. The quantitative estimate of drug-likeness (QED) is 0.525. The Labute approximate surface area is 156 Å². The summed E-state index contributed by atoms with van der Waals surface area (Å²) < 4.78 is 5.44. The largest absolute Gasteiger partial charge is 0.496 e. The molecule has 130 valence electrons. The van der Waals surface area contributed by atoms with E-state index in [4.69, 9.17) is 4.74 Å². The zero-order valence-electron chi connectivity index (χ0n) is 14.7. The second-order valence-electron chi connectivity index (χ2n) is 6.08. The maximum absolute atomic E-state index is 5.44. The Balaban J connectivity index is 1.71. The second-order valence-corrected chi connectivity index (χ2v) is 6.94. The van der Waals surface area contributed by atoms with Gasteiger partial charge in [-0.05, 0) is 18.6 Å². The van der Waals surface area contributed by atoms with Crippen molar-refractivity contribution in [2.45, 2.75) is 13.5 Å². The molecular weight excluding hydrogens is 342 g/mol. The number of nitrogens with zero attached hydrogens (tertiary/aromatic N) is 2. The summed E-state index contributed by atoms with van der Waals surface area (Å²) in [6, 6.07) is 16.6. The number of hydrogen-bond acceptors (Lipinski definition) is 5. The molecule has 0 saturated carbocycles. The molecule has 0 aliphatic carbocycles. The Hall–Kier alpha value is -2.92. The van der Waals surface area contributed by atoms with Crippen LogP contribution in [0.1, 0.15) is 11.1 Å². The zero-order chi connectivity index (χ0) is 17.9. The molecule has 0 amide bonds. The number of para-hydroxylation sites is 1. The van der Waals surface area contributed by atoms with Crippen LogP contribution in [0, 0.1) is 6.92 Å². The first-order chi connectivity index (χ1) is 12.8. The first-order valence-corrected chi connectivity index (χ1v) is 9.29. The van der Waals surface area contributed by atoms with Crippen LogP contribution in [-0.4, -0.2) is 17.1 Å². The van der Waals surface area contributed by atoms with Crippen LogP contribution in [0.25, 0.3) is 21.3 Å². The van der Waals surface area contributed by atoms with Crippen LogP contribution in [0.5, 0.6) is 5.75 Å². The van der Waals surface area contributed by atoms with Crippen LogP contribution in [0.15, 0.2) is 60.2 Å². The maximum atomic E-state index is 5.44. The number of fused-ring (bicyclic) bond motifs is 1. The molecule has 0 unspecified atom stereocenters. The Morgan fingerprint density at radius 1 is 1.04 bits per heavy atom. The summed E-state index contributed by atoms with van der Waals surface area (Å²) in [7, 11) is 1.69. The van der Waals surface area contributed by atoms with Gasteiger partial charge in [-0.25, -0.2) is 9.97 Å². The van der Waals surface area contributed by atoms with Crippen molar-refractivity contribution in [1.82, 2.24) is 9.97 Å². The zero-order valence-corrected chi connectivity index (χ0v) is 15.5. The van der Waals surface area contributed by atoms with E-state index in [0.29, 0.717) is 6.54 Å². The van der Waals surface area contributed by atoms with E-state index < -0.39 is 0 Å². The molecule has 2 heterocycles. The standard InChI is InChI=1S/C21H19N3OS/c1-14-7-9-15(10-8-14)17-12-26-21-19(17)20(23-13-24-21)22-11-16-5-3-4-6-18(16)25-2/h3-10,12-13H,11H2,1-2H3,(H,22,23,24). The van der Waals surface area contributed by atoms with Gasteiger partial charge >= 0.3 is 0 Å². The molecule has 5 heteroatoms. The molecule has 0 atom stereocenters. The third-order valence-corrected chi connectivity index (χ3v) is 5.26. The molecule has 4 aromatic rings. The van der Waals surface area contributed by atoms with E-state index in [9.17, 15) is 0 Å². The van der Waals surface area contributed by atoms with Crippen molar-refractivity contribution in [1.29, 1.82) is 0 Å². The van der Waals surface area contributed by atoms with Crippen molar-refractivity contribution in [2.24, 2.45) is 0 Å². The van der Waals surface area contributed by atoms with E-state index >= 15 is 0 Å². The Morgan fingerprint density at radius 3 is 2.65 bits per heavy atom. The second kappa shape index (κ2) is 7.14. The van der Waals surface area contributed by atoms with E-state index in [-0.39, 0.29) is 0 Å². The van der Waals surface area contributed by atoms with Crippen LogP contribution in [0.2, 0.25) is 0 Å². The van der Waals surface area contributed by atoms with Gasteiger partial charge in [0.1, 0.15) is 22.7 Å². The molecule has 0 aliphatic rings. The van der Waals surface area contributed by atoms with Gasteiger partial charge < -0.3 is 10.1 Å². The van der Waals surface area contributed by atoms with Crippen LogP contribution in [0.4, 0.5) is 5.82 Å². The van der Waals surface area contributed by atoms with Gasteiger partial charge in [-0.3, -0.25) is 0 Å². The van der Waals surface area contributed by atoms with E-state index in [1.807, 2.05) is 18.2 Å². The third-order valence-electron chi connectivity index (χ3n) is 4.37. The van der Waals surface area contributed by atoms with E-state index in [0.717, 1.165) is 32.9 Å². The van der Waals surface area contributed by atoms with Gasteiger partial charge in [-0.15, -0.1) is 11.3 Å². The predicted molar refractivity (Wildman–Crippen MR) is 108 cm³/mol. The highest BCUT2D eigenvalue weighted by molar-refractivity contribution is 7.17. The molecule has 0 spiro atoms. The summed E-state index contributed by atoms with van der Waals surface area (Å²) in [5, 5.41) is 6.68. The molecule has 4 rings (SSSR count). The fourth-order valence-corrected chi connectivity index (χ4v) is 3.90. The first-order valence-electron chi connectivity index (χ1n) is 8.41. The molecule has 0 fully saturated rings. The van der Waals surface area contributed by atoms with Crippen molar-refractivity contribution in [3.05, 3.63) is 71.4 Å². The van der Waals surface area contributed by atoms with Gasteiger partial charge in [0.25, 0.3) is 0 Å². The van der Waals surface area contributed by atoms with E-state index in [2.05, 4.69) is 57.9 Å². The lowest BCUT2D eigenvalue weighted by Gasteiger charge is -2.11. The molecule has 26 heavy (non-hydrogen) atoms. The third kappa shape index (κ3) is 3.13. The molecule has 0 radical (unpaired) electrons. The van der Waals surface area contributed by atoms with Gasteiger partial charge in [0.2, 0.25) is 0 Å². The number of hydrogen-bond donors (Lipinski definition) is 1. The van der Waals surface area contributed by atoms with Gasteiger partial charge in [-0.1, -0.05) is 48.0 Å². The lowest BCUT2D eigenvalue weighted by Crippen LogP contribution is -2.04. The molecule has 1 N–H and O–H groups in total. The number of aryl methyl sites for hydroxylation is 1. The minimum Gasteiger partial charge on any atom is -0.496 e. The van der Waals surface area contributed by atoms with E-state index in [1.165, 1.54) is 11.1 Å². The normalized spacial score (nSPS) is 10.8. The fourth-order valence-electron chi connectivity index (χ4n) is 2.98. The van der Waals surface area contributed by atoms with Gasteiger partial charge in [-0.2, -0.15) is 0 Å². The number of ether oxygens (including phenoxy) is 1. The Bertz CT molecular complexity index is 1040. The van der Waals surface area contributed by atoms with Crippen molar-refractivity contribution in [3.63, 3.8) is 0 Å². The molecule has 0 bridgehead atoms. The van der Waals surface area contributed by atoms with Crippen LogP contribution >= 0.6 is 11.3 Å². The molecule has 0 aliphatic heterocycles. The lowest BCUT2D eigenvalue weighted by molar-refractivity contribution is 0.410. The summed E-state index contributed by atoms with van der Waals surface area (Å²) in [6.45, 7) is 2.73. The summed E-state index contributed by atoms with van der Waals surface area (Å²) in [5.41, 5.74) is 4.68. The number of anilines is 1. The van der Waals surface area contributed by atoms with Gasteiger partial charge in [0.05, 0.1) is 12.5 Å². The number of thiophene rings is 1. The number of methoxy groups -OCH3 is 1. The van der Waals surface area contributed by atoms with Crippen molar-refractivity contribution < 1.29 is 4.74 Å². The van der Waals surface area contributed by atoms with Gasteiger partial charge in [0.15, 0.2) is 0 Å². The van der Waals surface area contributed by atoms with Crippen molar-refractivity contribution in [3.8, 4) is 16.9 Å². The minimum atomic E-state index is 0.638. The lowest BCUT2D eigenvalue weighted by atomic mass is 10.0. The fraction of sp³-hybridized carbons (Fsp3) is 0.143. The predicted octanol–water partition coefficient (Wildman–Crippen LogP) is 5.29. The topological polar surface area (TPSA) is 47.0 Å². The number of benzene rings is 2. The Morgan fingerprint density at radius 2 is 1.85 bits per heavy atom. The molecule has 2 aromatic heterocycles. The maximum Gasteiger partial charge on any atom is 0.139 e.